The predicted octanol–water partition coefficient (Wildman–Crippen LogP) is 1.93. The van der Waals surface area contributed by atoms with Crippen LogP contribution in [-0.2, 0) is 0 Å². The van der Waals surface area contributed by atoms with Gasteiger partial charge in [0.05, 0.1) is 5.56 Å². The fourth-order valence-corrected chi connectivity index (χ4v) is 1.94. The van der Waals surface area contributed by atoms with Crippen LogP contribution in [0.1, 0.15) is 5.56 Å². The normalized spacial score (nSPS) is 10.6. The van der Waals surface area contributed by atoms with Crippen molar-refractivity contribution in [3.8, 4) is 17.1 Å². The van der Waals surface area contributed by atoms with Crippen LogP contribution < -0.4 is 5.56 Å². The minimum absolute atomic E-state index is 0.156. The van der Waals surface area contributed by atoms with E-state index in [4.69, 9.17) is 0 Å². The molecule has 0 radical (unpaired) electrons. The maximum atomic E-state index is 12.3. The predicted molar refractivity (Wildman–Crippen MR) is 72.2 cm³/mol. The van der Waals surface area contributed by atoms with Crippen LogP contribution >= 0.6 is 0 Å². The summed E-state index contributed by atoms with van der Waals surface area (Å²) < 4.78 is 1.33. The molecule has 5 heteroatoms. The molecule has 3 rings (SSSR count). The lowest BCUT2D eigenvalue weighted by Gasteiger charge is -1.98. The van der Waals surface area contributed by atoms with Crippen LogP contribution in [0.4, 0.5) is 0 Å². The number of aromatic amines is 1. The molecule has 2 aromatic heterocycles. The van der Waals surface area contributed by atoms with Crippen LogP contribution in [0, 0.1) is 6.92 Å². The number of hydrogen-bond acceptors (Lipinski definition) is 3. The molecule has 0 atom stereocenters. The van der Waals surface area contributed by atoms with Gasteiger partial charge in [0.25, 0.3) is 11.5 Å². The first-order valence-corrected chi connectivity index (χ1v) is 5.90. The average Bonchev–Trinajstić information content (AvgIpc) is 2.81. The molecular weight excluding hydrogens is 240 g/mol. The zero-order valence-corrected chi connectivity index (χ0v) is 10.4. The standard InChI is InChI=1S/C14H12N4O/c1-10-4-2-5-11(8-10)12-9-17-18(13(12)19)14-15-6-3-7-16-14/h2-9,17H,1H3. The zero-order chi connectivity index (χ0) is 13.2. The molecule has 0 bridgehead atoms. The van der Waals surface area contributed by atoms with E-state index in [0.717, 1.165) is 11.1 Å². The molecule has 0 unspecified atom stereocenters. The minimum Gasteiger partial charge on any atom is -0.295 e. The lowest BCUT2D eigenvalue weighted by Crippen LogP contribution is -2.18. The number of nitrogens with one attached hydrogen (secondary N) is 1. The molecule has 1 N–H and O–H groups in total. The molecule has 0 fully saturated rings. The Bertz CT molecular complexity index is 758. The summed E-state index contributed by atoms with van der Waals surface area (Å²) in [6.45, 7) is 2.00. The molecule has 19 heavy (non-hydrogen) atoms. The topological polar surface area (TPSA) is 63.6 Å². The molecule has 0 spiro atoms. The van der Waals surface area contributed by atoms with E-state index in [2.05, 4.69) is 15.1 Å². The number of rotatable bonds is 2. The Balaban J connectivity index is 2.12. The second kappa shape index (κ2) is 4.53. The van der Waals surface area contributed by atoms with Crippen molar-refractivity contribution >= 4 is 0 Å². The van der Waals surface area contributed by atoms with Gasteiger partial charge in [0.15, 0.2) is 0 Å². The molecule has 5 nitrogen and oxygen atoms in total. The highest BCUT2D eigenvalue weighted by atomic mass is 16.1. The van der Waals surface area contributed by atoms with E-state index >= 15 is 0 Å². The van der Waals surface area contributed by atoms with Crippen molar-refractivity contribution in [3.05, 3.63) is 64.8 Å². The van der Waals surface area contributed by atoms with Gasteiger partial charge < -0.3 is 0 Å². The van der Waals surface area contributed by atoms with Gasteiger partial charge in [-0.15, -0.1) is 0 Å². The highest BCUT2D eigenvalue weighted by molar-refractivity contribution is 5.62. The van der Waals surface area contributed by atoms with Gasteiger partial charge in [-0.2, -0.15) is 4.68 Å². The summed E-state index contributed by atoms with van der Waals surface area (Å²) in [7, 11) is 0. The fraction of sp³-hybridized carbons (Fsp3) is 0.0714. The van der Waals surface area contributed by atoms with Crippen molar-refractivity contribution in [1.82, 2.24) is 19.7 Å². The van der Waals surface area contributed by atoms with Crippen molar-refractivity contribution < 1.29 is 0 Å². The van der Waals surface area contributed by atoms with E-state index in [1.165, 1.54) is 4.68 Å². The van der Waals surface area contributed by atoms with Crippen LogP contribution in [0.2, 0.25) is 0 Å². The Labute approximate surface area is 109 Å². The van der Waals surface area contributed by atoms with Crippen LogP contribution in [0.15, 0.2) is 53.7 Å². The summed E-state index contributed by atoms with van der Waals surface area (Å²) >= 11 is 0. The lowest BCUT2D eigenvalue weighted by atomic mass is 10.1. The third-order valence-electron chi connectivity index (χ3n) is 2.85. The van der Waals surface area contributed by atoms with Crippen LogP contribution in [-0.4, -0.2) is 19.7 Å². The highest BCUT2D eigenvalue weighted by Crippen LogP contribution is 2.16. The molecule has 0 aliphatic heterocycles. The van der Waals surface area contributed by atoms with E-state index in [9.17, 15) is 4.79 Å². The molecule has 0 saturated carbocycles. The van der Waals surface area contributed by atoms with Crippen LogP contribution in [0.5, 0.6) is 0 Å². The van der Waals surface area contributed by atoms with Gasteiger partial charge in [0.1, 0.15) is 0 Å². The molecule has 0 saturated heterocycles. The van der Waals surface area contributed by atoms with Crippen molar-refractivity contribution in [2.24, 2.45) is 0 Å². The monoisotopic (exact) mass is 252 g/mol. The van der Waals surface area contributed by atoms with Gasteiger partial charge in [-0.1, -0.05) is 29.8 Å². The highest BCUT2D eigenvalue weighted by Gasteiger charge is 2.10. The average molecular weight is 252 g/mol. The first-order chi connectivity index (χ1) is 9.25. The largest absolute Gasteiger partial charge is 0.295 e. The number of hydrogen-bond donors (Lipinski definition) is 1. The van der Waals surface area contributed by atoms with E-state index in [1.807, 2.05) is 31.2 Å². The number of aromatic nitrogens is 4. The van der Waals surface area contributed by atoms with Crippen molar-refractivity contribution in [1.29, 1.82) is 0 Å². The molecule has 0 aliphatic carbocycles. The zero-order valence-electron chi connectivity index (χ0n) is 10.4. The Kier molecular flexibility index (Phi) is 2.72. The molecule has 1 aromatic carbocycles. The van der Waals surface area contributed by atoms with Gasteiger partial charge in [-0.3, -0.25) is 9.89 Å². The number of benzene rings is 1. The smallest absolute Gasteiger partial charge is 0.281 e. The SMILES string of the molecule is Cc1cccc(-c2c[nH]n(-c3ncccn3)c2=O)c1. The summed E-state index contributed by atoms with van der Waals surface area (Å²) in [5, 5.41) is 2.89. The van der Waals surface area contributed by atoms with Crippen molar-refractivity contribution in [3.63, 3.8) is 0 Å². The van der Waals surface area contributed by atoms with Gasteiger partial charge in [-0.05, 0) is 18.6 Å². The first kappa shape index (κ1) is 11.4. The van der Waals surface area contributed by atoms with E-state index < -0.39 is 0 Å². The Morgan fingerprint density at radius 3 is 2.68 bits per heavy atom. The summed E-state index contributed by atoms with van der Waals surface area (Å²) in [4.78, 5) is 20.4. The van der Waals surface area contributed by atoms with Crippen LogP contribution in [0.25, 0.3) is 17.1 Å². The molecule has 0 aliphatic rings. The van der Waals surface area contributed by atoms with Crippen molar-refractivity contribution in [2.45, 2.75) is 6.92 Å². The number of aryl methyl sites for hydroxylation is 1. The van der Waals surface area contributed by atoms with Gasteiger partial charge >= 0.3 is 0 Å². The molecule has 0 amide bonds. The molecule has 2 heterocycles. The maximum absolute atomic E-state index is 12.3. The second-order valence-corrected chi connectivity index (χ2v) is 4.25. The van der Waals surface area contributed by atoms with Crippen molar-refractivity contribution in [2.75, 3.05) is 0 Å². The summed E-state index contributed by atoms with van der Waals surface area (Å²) in [5.74, 6) is 0.339. The Morgan fingerprint density at radius 1 is 1.16 bits per heavy atom. The quantitative estimate of drug-likeness (QED) is 0.758. The fourth-order valence-electron chi connectivity index (χ4n) is 1.94. The molecular formula is C14H12N4O. The summed E-state index contributed by atoms with van der Waals surface area (Å²) in [6, 6.07) is 9.52. The second-order valence-electron chi connectivity index (χ2n) is 4.25. The van der Waals surface area contributed by atoms with Gasteiger partial charge in [-0.25, -0.2) is 9.97 Å². The first-order valence-electron chi connectivity index (χ1n) is 5.90. The third-order valence-corrected chi connectivity index (χ3v) is 2.85. The van der Waals surface area contributed by atoms with Gasteiger partial charge in [0, 0.05) is 18.6 Å². The molecule has 94 valence electrons. The lowest BCUT2D eigenvalue weighted by molar-refractivity contribution is 0.783. The Hall–Kier alpha value is -2.69. The summed E-state index contributed by atoms with van der Waals surface area (Å²) in [5.41, 5.74) is 2.45. The minimum atomic E-state index is -0.156. The third kappa shape index (κ3) is 2.06. The Morgan fingerprint density at radius 2 is 1.95 bits per heavy atom. The molecule has 3 aromatic rings. The van der Waals surface area contributed by atoms with Gasteiger partial charge in [0.2, 0.25) is 0 Å². The van der Waals surface area contributed by atoms with E-state index in [1.54, 1.807) is 24.7 Å². The van der Waals surface area contributed by atoms with E-state index in [0.29, 0.717) is 11.5 Å². The van der Waals surface area contributed by atoms with E-state index in [-0.39, 0.29) is 5.56 Å². The van der Waals surface area contributed by atoms with Crippen LogP contribution in [0.3, 0.4) is 0 Å². The number of H-pyrrole nitrogens is 1. The maximum Gasteiger partial charge on any atom is 0.281 e. The summed E-state index contributed by atoms with van der Waals surface area (Å²) in [6.07, 6.45) is 4.87. The number of nitrogens with zero attached hydrogens (tertiary/aromatic N) is 3.